The van der Waals surface area contributed by atoms with Crippen LogP contribution in [0.3, 0.4) is 0 Å². The molecule has 2 heterocycles. The van der Waals surface area contributed by atoms with E-state index in [1.807, 2.05) is 41.3 Å². The van der Waals surface area contributed by atoms with Crippen LogP contribution in [0.5, 0.6) is 0 Å². The SMILES string of the molecule is Cl.NCC1CCCN1C(=O)c1cc(-c2ccccc2)n[nH]1. The molecule has 112 valence electrons. The van der Waals surface area contributed by atoms with Crippen LogP contribution in [0.15, 0.2) is 36.4 Å². The van der Waals surface area contributed by atoms with Gasteiger partial charge in [-0.05, 0) is 18.9 Å². The molecule has 0 saturated carbocycles. The van der Waals surface area contributed by atoms with Crippen molar-refractivity contribution < 1.29 is 4.79 Å². The number of amides is 1. The number of carbonyl (C=O) groups excluding carboxylic acids is 1. The van der Waals surface area contributed by atoms with Crippen LogP contribution < -0.4 is 5.73 Å². The fourth-order valence-electron chi connectivity index (χ4n) is 2.69. The van der Waals surface area contributed by atoms with Gasteiger partial charge >= 0.3 is 0 Å². The second-order valence-electron chi connectivity index (χ2n) is 5.06. The van der Waals surface area contributed by atoms with Gasteiger partial charge < -0.3 is 10.6 Å². The Morgan fingerprint density at radius 3 is 2.86 bits per heavy atom. The molecule has 21 heavy (non-hydrogen) atoms. The lowest BCUT2D eigenvalue weighted by Gasteiger charge is -2.22. The predicted octanol–water partition coefficient (Wildman–Crippen LogP) is 2.06. The maximum atomic E-state index is 12.5. The topological polar surface area (TPSA) is 75.0 Å². The smallest absolute Gasteiger partial charge is 0.272 e. The Hall–Kier alpha value is -1.85. The molecule has 1 aliphatic heterocycles. The first kappa shape index (κ1) is 15.5. The highest BCUT2D eigenvalue weighted by atomic mass is 35.5. The van der Waals surface area contributed by atoms with Crippen LogP contribution in [-0.2, 0) is 0 Å². The maximum absolute atomic E-state index is 12.5. The van der Waals surface area contributed by atoms with Gasteiger partial charge in [-0.25, -0.2) is 0 Å². The Morgan fingerprint density at radius 1 is 1.38 bits per heavy atom. The van der Waals surface area contributed by atoms with E-state index in [-0.39, 0.29) is 24.4 Å². The van der Waals surface area contributed by atoms with Crippen molar-refractivity contribution in [3.8, 4) is 11.3 Å². The molecule has 0 bridgehead atoms. The molecular weight excluding hydrogens is 288 g/mol. The van der Waals surface area contributed by atoms with E-state index >= 15 is 0 Å². The number of hydrogen-bond acceptors (Lipinski definition) is 3. The first-order valence-corrected chi connectivity index (χ1v) is 6.91. The van der Waals surface area contributed by atoms with Crippen molar-refractivity contribution in [3.05, 3.63) is 42.1 Å². The predicted molar refractivity (Wildman–Crippen MR) is 84.4 cm³/mol. The molecule has 5 nitrogen and oxygen atoms in total. The molecule has 1 unspecified atom stereocenters. The average molecular weight is 307 g/mol. The molecule has 0 aliphatic carbocycles. The molecule has 0 radical (unpaired) electrons. The monoisotopic (exact) mass is 306 g/mol. The number of nitrogens with two attached hydrogens (primary N) is 1. The lowest BCUT2D eigenvalue weighted by Crippen LogP contribution is -2.40. The number of hydrogen-bond donors (Lipinski definition) is 2. The number of likely N-dealkylation sites (tertiary alicyclic amines) is 1. The van der Waals surface area contributed by atoms with Crippen molar-refractivity contribution in [3.63, 3.8) is 0 Å². The van der Waals surface area contributed by atoms with Gasteiger partial charge in [0.2, 0.25) is 0 Å². The third kappa shape index (κ3) is 3.09. The van der Waals surface area contributed by atoms with Crippen molar-refractivity contribution in [2.45, 2.75) is 18.9 Å². The minimum atomic E-state index is -0.00682. The molecule has 1 aliphatic rings. The highest BCUT2D eigenvalue weighted by Gasteiger charge is 2.29. The number of benzene rings is 1. The van der Waals surface area contributed by atoms with Gasteiger partial charge in [0.15, 0.2) is 0 Å². The Bertz CT molecular complexity index is 599. The maximum Gasteiger partial charge on any atom is 0.272 e. The summed E-state index contributed by atoms with van der Waals surface area (Å²) in [5, 5.41) is 7.07. The zero-order valence-electron chi connectivity index (χ0n) is 11.7. The van der Waals surface area contributed by atoms with Crippen LogP contribution >= 0.6 is 12.4 Å². The summed E-state index contributed by atoms with van der Waals surface area (Å²) in [4.78, 5) is 14.3. The van der Waals surface area contributed by atoms with Crippen molar-refractivity contribution >= 4 is 18.3 Å². The van der Waals surface area contributed by atoms with E-state index < -0.39 is 0 Å². The summed E-state index contributed by atoms with van der Waals surface area (Å²) in [6.07, 6.45) is 2.01. The highest BCUT2D eigenvalue weighted by molar-refractivity contribution is 5.93. The van der Waals surface area contributed by atoms with Crippen LogP contribution in [0.1, 0.15) is 23.3 Å². The van der Waals surface area contributed by atoms with E-state index in [1.54, 1.807) is 0 Å². The molecule has 3 rings (SSSR count). The molecule has 1 saturated heterocycles. The number of nitrogens with one attached hydrogen (secondary N) is 1. The summed E-state index contributed by atoms with van der Waals surface area (Å²) in [5.74, 6) is -0.00682. The largest absolute Gasteiger partial charge is 0.333 e. The van der Waals surface area contributed by atoms with E-state index in [2.05, 4.69) is 10.2 Å². The molecule has 2 aromatic rings. The van der Waals surface area contributed by atoms with Crippen LogP contribution in [0, 0.1) is 0 Å². The third-order valence-corrected chi connectivity index (χ3v) is 3.79. The van der Waals surface area contributed by atoms with Crippen LogP contribution in [0.4, 0.5) is 0 Å². The summed E-state index contributed by atoms with van der Waals surface area (Å²) in [7, 11) is 0. The molecule has 1 aromatic heterocycles. The molecule has 1 fully saturated rings. The van der Waals surface area contributed by atoms with Crippen LogP contribution in [0.25, 0.3) is 11.3 Å². The number of nitrogens with zero attached hydrogens (tertiary/aromatic N) is 2. The minimum absolute atomic E-state index is 0. The van der Waals surface area contributed by atoms with Gasteiger partial charge in [-0.1, -0.05) is 30.3 Å². The number of rotatable bonds is 3. The minimum Gasteiger partial charge on any atom is -0.333 e. The first-order valence-electron chi connectivity index (χ1n) is 6.91. The van der Waals surface area contributed by atoms with Gasteiger partial charge in [-0.15, -0.1) is 12.4 Å². The second kappa shape index (κ2) is 6.74. The van der Waals surface area contributed by atoms with E-state index in [1.165, 1.54) is 0 Å². The Balaban J connectivity index is 0.00000161. The molecule has 6 heteroatoms. The van der Waals surface area contributed by atoms with E-state index in [0.29, 0.717) is 12.2 Å². The third-order valence-electron chi connectivity index (χ3n) is 3.79. The lowest BCUT2D eigenvalue weighted by molar-refractivity contribution is 0.0735. The summed E-state index contributed by atoms with van der Waals surface area (Å²) in [6.45, 7) is 1.30. The number of halogens is 1. The van der Waals surface area contributed by atoms with Crippen LogP contribution in [-0.4, -0.2) is 40.1 Å². The molecule has 1 aromatic carbocycles. The molecule has 1 atom stereocenters. The zero-order chi connectivity index (χ0) is 13.9. The normalized spacial score (nSPS) is 17.6. The van der Waals surface area contributed by atoms with Crippen molar-refractivity contribution in [1.29, 1.82) is 0 Å². The number of H-pyrrole nitrogens is 1. The summed E-state index contributed by atoms with van der Waals surface area (Å²) in [6, 6.07) is 11.8. The van der Waals surface area contributed by atoms with Gasteiger partial charge in [0.25, 0.3) is 5.91 Å². The van der Waals surface area contributed by atoms with Gasteiger partial charge in [0.1, 0.15) is 5.69 Å². The number of aromatic amines is 1. The fraction of sp³-hybridized carbons (Fsp3) is 0.333. The molecule has 1 amide bonds. The van der Waals surface area contributed by atoms with Crippen LogP contribution in [0.2, 0.25) is 0 Å². The summed E-state index contributed by atoms with van der Waals surface area (Å²) < 4.78 is 0. The highest BCUT2D eigenvalue weighted by Crippen LogP contribution is 2.21. The Labute approximate surface area is 129 Å². The number of aromatic nitrogens is 2. The molecular formula is C15H19ClN4O. The lowest BCUT2D eigenvalue weighted by atomic mass is 10.1. The van der Waals surface area contributed by atoms with E-state index in [9.17, 15) is 4.79 Å². The van der Waals surface area contributed by atoms with E-state index in [4.69, 9.17) is 5.73 Å². The fourth-order valence-corrected chi connectivity index (χ4v) is 2.69. The van der Waals surface area contributed by atoms with Crippen molar-refractivity contribution in [2.24, 2.45) is 5.73 Å². The second-order valence-corrected chi connectivity index (χ2v) is 5.06. The molecule has 0 spiro atoms. The van der Waals surface area contributed by atoms with E-state index in [0.717, 1.165) is 30.6 Å². The first-order chi connectivity index (χ1) is 9.79. The van der Waals surface area contributed by atoms with Crippen molar-refractivity contribution in [2.75, 3.05) is 13.1 Å². The summed E-state index contributed by atoms with van der Waals surface area (Å²) >= 11 is 0. The zero-order valence-corrected chi connectivity index (χ0v) is 12.5. The average Bonchev–Trinajstić information content (AvgIpc) is 3.16. The van der Waals surface area contributed by atoms with Gasteiger partial charge in [0, 0.05) is 24.7 Å². The number of carbonyl (C=O) groups is 1. The summed E-state index contributed by atoms with van der Waals surface area (Å²) in [5.41, 5.74) is 8.04. The van der Waals surface area contributed by atoms with Gasteiger partial charge in [-0.3, -0.25) is 9.89 Å². The van der Waals surface area contributed by atoms with Gasteiger partial charge in [-0.2, -0.15) is 5.10 Å². The van der Waals surface area contributed by atoms with Crippen molar-refractivity contribution in [1.82, 2.24) is 15.1 Å². The Kier molecular flexibility index (Phi) is 4.98. The van der Waals surface area contributed by atoms with Gasteiger partial charge in [0.05, 0.1) is 5.69 Å². The quantitative estimate of drug-likeness (QED) is 0.911. The standard InChI is InChI=1S/C15H18N4O.ClH/c16-10-12-7-4-8-19(12)15(20)14-9-13(17-18-14)11-5-2-1-3-6-11;/h1-3,5-6,9,12H,4,7-8,10,16H2,(H,17,18);1H. The molecule has 3 N–H and O–H groups in total. The Morgan fingerprint density at radius 2 is 2.14 bits per heavy atom.